The second-order valence-electron chi connectivity index (χ2n) is 12.2. The maximum atomic E-state index is 2.47. The molecule has 0 N–H and O–H groups in total. The lowest BCUT2D eigenvalue weighted by Crippen LogP contribution is -2.19. The van der Waals surface area contributed by atoms with Gasteiger partial charge < -0.3 is 0 Å². The van der Waals surface area contributed by atoms with Gasteiger partial charge in [-0.1, -0.05) is 111 Å². The Morgan fingerprint density at radius 1 is 0.973 bits per heavy atom. The summed E-state index contributed by atoms with van der Waals surface area (Å²) in [5, 5.41) is 0. The first-order valence-corrected chi connectivity index (χ1v) is 14.4. The van der Waals surface area contributed by atoms with E-state index in [0.717, 1.165) is 12.3 Å². The normalized spacial score (nSPS) is 28.3. The van der Waals surface area contributed by atoms with Gasteiger partial charge in [0.1, 0.15) is 7.05 Å². The van der Waals surface area contributed by atoms with Crippen LogP contribution in [0.15, 0.2) is 94.3 Å². The molecular weight excluding hydrogens is 446 g/mol. The van der Waals surface area contributed by atoms with Crippen LogP contribution in [0.3, 0.4) is 0 Å². The molecule has 3 aliphatic carbocycles. The second kappa shape index (κ2) is 15.1. The lowest BCUT2D eigenvalue weighted by Gasteiger charge is -2.33. The molecule has 0 aromatic rings. The number of rotatable bonds is 3. The van der Waals surface area contributed by atoms with Crippen LogP contribution in [-0.4, -0.2) is 17.8 Å². The summed E-state index contributed by atoms with van der Waals surface area (Å²) in [6.45, 7) is 26.5. The third-order valence-corrected chi connectivity index (χ3v) is 6.78. The fourth-order valence-electron chi connectivity index (χ4n) is 4.66. The van der Waals surface area contributed by atoms with E-state index in [4.69, 9.17) is 0 Å². The Bertz CT molecular complexity index is 1030. The Labute approximate surface area is 230 Å². The Balaban J connectivity index is 0.00000104. The molecule has 1 heteroatoms. The highest BCUT2D eigenvalue weighted by molar-refractivity contribution is 5.69. The summed E-state index contributed by atoms with van der Waals surface area (Å²) in [5.74, 6) is 2.30. The van der Waals surface area contributed by atoms with Crippen molar-refractivity contribution in [2.24, 2.45) is 29.1 Å². The minimum absolute atomic E-state index is 0.120. The van der Waals surface area contributed by atoms with Crippen molar-refractivity contribution in [2.75, 3.05) is 7.05 Å². The van der Waals surface area contributed by atoms with Crippen LogP contribution >= 0.6 is 0 Å². The van der Waals surface area contributed by atoms with Crippen LogP contribution in [-0.2, 0) is 0 Å². The molecule has 0 spiro atoms. The van der Waals surface area contributed by atoms with Crippen LogP contribution in [0.4, 0.5) is 0 Å². The third kappa shape index (κ3) is 10.1. The van der Waals surface area contributed by atoms with E-state index in [1.165, 1.54) is 33.4 Å². The first-order valence-electron chi connectivity index (χ1n) is 14.4. The first-order chi connectivity index (χ1) is 17.3. The zero-order valence-electron chi connectivity index (χ0n) is 26.3. The Kier molecular flexibility index (Phi) is 13.3. The van der Waals surface area contributed by atoms with Gasteiger partial charge >= 0.3 is 0 Å². The molecule has 4 bridgehead atoms. The topological polar surface area (TPSA) is 3.01 Å². The highest BCUT2D eigenvalue weighted by Gasteiger charge is 2.28. The maximum Gasteiger partial charge on any atom is 0.168 e. The lowest BCUT2D eigenvalue weighted by molar-refractivity contribution is -0.416. The molecule has 0 amide bonds. The van der Waals surface area contributed by atoms with Crippen LogP contribution < -0.4 is 0 Å². The van der Waals surface area contributed by atoms with E-state index in [1.807, 2.05) is 20.8 Å². The molecule has 0 radical (unpaired) electrons. The van der Waals surface area contributed by atoms with Gasteiger partial charge in [0.15, 0.2) is 12.4 Å². The number of fused-ring (bicyclic) bond motifs is 4. The van der Waals surface area contributed by atoms with Crippen molar-refractivity contribution in [2.45, 2.75) is 89.5 Å². The highest BCUT2D eigenvalue weighted by Crippen LogP contribution is 2.42. The quantitative estimate of drug-likeness (QED) is 0.267. The van der Waals surface area contributed by atoms with Gasteiger partial charge in [-0.25, -0.2) is 4.58 Å². The average molecular weight is 503 g/mol. The SMILES string of the molecule is CC.CC(C)C.C\C=C/[N+](C)=C\C=C\C1=C2/C=C(C(C)(C)C)C=C(/C=C\C3CC(C)=C/C(=C/1)C3C)C2C. The molecule has 0 saturated carbocycles. The van der Waals surface area contributed by atoms with Crippen LogP contribution in [0.5, 0.6) is 0 Å². The number of allylic oxidation sites excluding steroid dienone is 15. The summed E-state index contributed by atoms with van der Waals surface area (Å²) in [4.78, 5) is 0. The molecule has 37 heavy (non-hydrogen) atoms. The summed E-state index contributed by atoms with van der Waals surface area (Å²) < 4.78 is 2.09. The van der Waals surface area contributed by atoms with E-state index in [9.17, 15) is 0 Å². The number of nitrogens with zero attached hydrogens (tertiary/aromatic N) is 1. The molecule has 3 rings (SSSR count). The standard InChI is InChI=1S/C30H40N.C4H10.C2H6/c1-9-14-31(8)15-10-11-26-18-27-17-21(2)16-24(22(27)3)12-13-25-19-28(30(5,6)7)20-29(26)23(25)4;1-4(2)3;1-2/h9-15,17-20,22-24H,16H2,1-8H3;4H,1-3H3;1-2H3/q+1;;/b11-10+,13-12-,14-9-,27-18-,29-26-,31-15-;;. The summed E-state index contributed by atoms with van der Waals surface area (Å²) in [6, 6.07) is 0. The van der Waals surface area contributed by atoms with Gasteiger partial charge in [-0.05, 0) is 83.5 Å². The summed E-state index contributed by atoms with van der Waals surface area (Å²) in [5.41, 5.74) is 8.62. The summed E-state index contributed by atoms with van der Waals surface area (Å²) in [6.07, 6.45) is 26.5. The molecule has 0 aliphatic heterocycles. The van der Waals surface area contributed by atoms with Crippen molar-refractivity contribution in [1.29, 1.82) is 0 Å². The van der Waals surface area contributed by atoms with Crippen molar-refractivity contribution >= 4 is 6.21 Å². The minimum atomic E-state index is 0.120. The average Bonchev–Trinajstić information content (AvgIpc) is 2.80. The van der Waals surface area contributed by atoms with Crippen LogP contribution in [0.2, 0.25) is 0 Å². The third-order valence-electron chi connectivity index (χ3n) is 6.78. The van der Waals surface area contributed by atoms with Crippen molar-refractivity contribution in [1.82, 2.24) is 0 Å². The first kappa shape index (κ1) is 32.6. The molecule has 3 atom stereocenters. The van der Waals surface area contributed by atoms with Gasteiger partial charge in [-0.3, -0.25) is 0 Å². The molecule has 3 unspecified atom stereocenters. The Morgan fingerprint density at radius 3 is 2.16 bits per heavy atom. The van der Waals surface area contributed by atoms with Crippen molar-refractivity contribution in [3.8, 4) is 0 Å². The molecule has 0 saturated heterocycles. The van der Waals surface area contributed by atoms with Gasteiger partial charge in [-0.15, -0.1) is 0 Å². The maximum absolute atomic E-state index is 2.47. The summed E-state index contributed by atoms with van der Waals surface area (Å²) in [7, 11) is 2.07. The zero-order valence-corrected chi connectivity index (χ0v) is 26.3. The van der Waals surface area contributed by atoms with Gasteiger partial charge in [-0.2, -0.15) is 0 Å². The van der Waals surface area contributed by atoms with E-state index in [1.54, 1.807) is 0 Å². The highest BCUT2D eigenvalue weighted by atomic mass is 14.9. The number of hydrogen-bond acceptors (Lipinski definition) is 0. The van der Waals surface area contributed by atoms with Crippen LogP contribution in [0, 0.1) is 29.1 Å². The molecular formula is C36H56N+. The molecule has 0 heterocycles. The Hall–Kier alpha value is -2.41. The molecule has 3 aliphatic rings. The molecule has 0 aromatic heterocycles. The van der Waals surface area contributed by atoms with Crippen LogP contribution in [0.1, 0.15) is 89.5 Å². The van der Waals surface area contributed by atoms with Crippen molar-refractivity contribution in [3.05, 3.63) is 94.3 Å². The predicted octanol–water partition coefficient (Wildman–Crippen LogP) is 10.4. The van der Waals surface area contributed by atoms with Crippen molar-refractivity contribution < 1.29 is 4.58 Å². The molecule has 204 valence electrons. The Morgan fingerprint density at radius 2 is 1.59 bits per heavy atom. The fourth-order valence-corrected chi connectivity index (χ4v) is 4.66. The largest absolute Gasteiger partial charge is 0.208 e. The van der Waals surface area contributed by atoms with Gasteiger partial charge in [0.05, 0.1) is 0 Å². The smallest absolute Gasteiger partial charge is 0.168 e. The molecule has 0 fully saturated rings. The van der Waals surface area contributed by atoms with E-state index in [-0.39, 0.29) is 5.41 Å². The van der Waals surface area contributed by atoms with Crippen molar-refractivity contribution in [3.63, 3.8) is 0 Å². The second-order valence-corrected chi connectivity index (χ2v) is 12.2. The minimum Gasteiger partial charge on any atom is -0.208 e. The van der Waals surface area contributed by atoms with E-state index in [2.05, 4.69) is 141 Å². The van der Waals surface area contributed by atoms with E-state index < -0.39 is 0 Å². The van der Waals surface area contributed by atoms with Crippen LogP contribution in [0.25, 0.3) is 0 Å². The summed E-state index contributed by atoms with van der Waals surface area (Å²) >= 11 is 0. The fraction of sp³-hybridized carbons (Fsp3) is 0.528. The molecule has 0 aromatic carbocycles. The molecule has 1 nitrogen and oxygen atoms in total. The zero-order chi connectivity index (χ0) is 28.3. The predicted molar refractivity (Wildman–Crippen MR) is 168 cm³/mol. The van der Waals surface area contributed by atoms with E-state index in [0.29, 0.717) is 17.8 Å². The van der Waals surface area contributed by atoms with E-state index >= 15 is 0 Å². The van der Waals surface area contributed by atoms with Gasteiger partial charge in [0.25, 0.3) is 0 Å². The van der Waals surface area contributed by atoms with Gasteiger partial charge in [0.2, 0.25) is 0 Å². The number of hydrogen-bond donors (Lipinski definition) is 0. The monoisotopic (exact) mass is 502 g/mol. The lowest BCUT2D eigenvalue weighted by atomic mass is 9.72. The van der Waals surface area contributed by atoms with Gasteiger partial charge in [0, 0.05) is 12.0 Å².